The first-order chi connectivity index (χ1) is 28.2. The van der Waals surface area contributed by atoms with Gasteiger partial charge in [0.15, 0.2) is 11.3 Å². The van der Waals surface area contributed by atoms with E-state index < -0.39 is 58.9 Å². The summed E-state index contributed by atoms with van der Waals surface area (Å²) in [6, 6.07) is 5.07. The molecule has 0 bridgehead atoms. The van der Waals surface area contributed by atoms with E-state index in [0.717, 1.165) is 55.1 Å². The van der Waals surface area contributed by atoms with E-state index in [9.17, 15) is 40.6 Å². The van der Waals surface area contributed by atoms with Crippen LogP contribution in [0.3, 0.4) is 0 Å². The number of hydrogen-bond acceptors (Lipinski definition) is 9. The van der Waals surface area contributed by atoms with Crippen LogP contribution in [0.15, 0.2) is 28.0 Å². The lowest BCUT2D eigenvalue weighted by Crippen LogP contribution is -2.53. The van der Waals surface area contributed by atoms with Crippen LogP contribution in [-0.2, 0) is 25.0 Å². The Bertz CT molecular complexity index is 2720. The molecule has 4 N–H and O–H groups in total. The molecule has 2 unspecified atom stereocenters. The molecule has 0 saturated carbocycles. The number of unbranched alkanes of at least 4 members (excludes halogenated alkanes) is 3. The van der Waals surface area contributed by atoms with Crippen molar-refractivity contribution in [1.82, 2.24) is 9.89 Å². The number of nitrogens with zero attached hydrogens (tertiary/aromatic N) is 2. The third-order valence-corrected chi connectivity index (χ3v) is 16.5. The number of nitrogens with one attached hydrogen (secondary N) is 1. The molecule has 19 heteroatoms. The number of benzene rings is 3. The zero-order valence-electron chi connectivity index (χ0n) is 35.2. The highest BCUT2D eigenvalue weighted by molar-refractivity contribution is 8.00. The summed E-state index contributed by atoms with van der Waals surface area (Å²) in [6.45, 7) is 12.3. The molecule has 3 aliphatic rings. The number of thioether (sulfide) groups is 1. The maximum absolute atomic E-state index is 13.8. The monoisotopic (exact) mass is 958 g/mol. The van der Waals surface area contributed by atoms with E-state index in [-0.39, 0.29) is 83.3 Å². The molecule has 0 spiro atoms. The van der Waals surface area contributed by atoms with Crippen LogP contribution in [0.4, 0.5) is 5.69 Å². The first-order valence-electron chi connectivity index (χ1n) is 19.9. The first kappa shape index (κ1) is 47.4. The van der Waals surface area contributed by atoms with Gasteiger partial charge in [0.1, 0.15) is 12.8 Å². The van der Waals surface area contributed by atoms with Crippen LogP contribution in [0.2, 0.25) is 15.1 Å². The fourth-order valence-electron chi connectivity index (χ4n) is 8.96. The summed E-state index contributed by atoms with van der Waals surface area (Å²) < 4.78 is 82.3. The van der Waals surface area contributed by atoms with Crippen LogP contribution in [0.25, 0.3) is 5.57 Å². The Balaban J connectivity index is 1.78. The maximum atomic E-state index is 13.8. The zero-order valence-corrected chi connectivity index (χ0v) is 39.9. The Kier molecular flexibility index (Phi) is 13.3. The van der Waals surface area contributed by atoms with Crippen molar-refractivity contribution in [2.45, 2.75) is 113 Å². The van der Waals surface area contributed by atoms with Crippen molar-refractivity contribution < 1.29 is 45.4 Å². The highest BCUT2D eigenvalue weighted by Crippen LogP contribution is 2.52. The van der Waals surface area contributed by atoms with Gasteiger partial charge in [-0.25, -0.2) is 9.37 Å². The van der Waals surface area contributed by atoms with Gasteiger partial charge in [0.2, 0.25) is 16.2 Å². The third-order valence-electron chi connectivity index (χ3n) is 12.3. The molecule has 3 heterocycles. The highest BCUT2D eigenvalue weighted by atomic mass is 35.5. The molecule has 3 aromatic carbocycles. The normalized spacial score (nSPS) is 19.1. The Morgan fingerprint density at radius 1 is 0.984 bits per heavy atom. The van der Waals surface area contributed by atoms with Crippen LogP contribution in [0, 0.1) is 0 Å². The largest absolute Gasteiger partial charge is 0.478 e. The van der Waals surface area contributed by atoms with Crippen LogP contribution >= 0.6 is 46.6 Å². The van der Waals surface area contributed by atoms with Gasteiger partial charge >= 0.3 is 16.1 Å². The van der Waals surface area contributed by atoms with Gasteiger partial charge in [0, 0.05) is 75.6 Å². The second-order valence-electron chi connectivity index (χ2n) is 17.4. The lowest BCUT2D eigenvalue weighted by Gasteiger charge is -2.46. The number of halogens is 3. The fraction of sp³-hybridized carbons (Fsp3) is 0.500. The van der Waals surface area contributed by atoms with Crippen molar-refractivity contribution in [3.8, 4) is 11.5 Å². The predicted molar refractivity (Wildman–Crippen MR) is 240 cm³/mol. The molecule has 2 atom stereocenters. The lowest BCUT2D eigenvalue weighted by molar-refractivity contribution is -0.118. The van der Waals surface area contributed by atoms with Crippen molar-refractivity contribution in [2.24, 2.45) is 0 Å². The maximum Gasteiger partial charge on any atom is 0.337 e. The second kappa shape index (κ2) is 17.1. The smallest absolute Gasteiger partial charge is 0.337 e. The first-order valence-corrected chi connectivity index (χ1v) is 25.1. The molecule has 332 valence electrons. The lowest BCUT2D eigenvalue weighted by atomic mass is 9.78. The van der Waals surface area contributed by atoms with Gasteiger partial charge in [0.05, 0.1) is 32.1 Å². The molecule has 3 aromatic rings. The van der Waals surface area contributed by atoms with Gasteiger partial charge in [-0.1, -0.05) is 67.9 Å². The molecular formula is C42H51Cl3N3O10S3+. The summed E-state index contributed by atoms with van der Waals surface area (Å²) in [4.78, 5) is 27.9. The zero-order chi connectivity index (χ0) is 45.3. The number of carbonyl (C=O) groups is 2. The minimum absolute atomic E-state index is 0.0316. The van der Waals surface area contributed by atoms with Crippen molar-refractivity contribution in [2.75, 3.05) is 37.0 Å². The Labute approximate surface area is 376 Å². The molecule has 0 fully saturated rings. The van der Waals surface area contributed by atoms with Crippen LogP contribution in [0.1, 0.15) is 125 Å². The number of carbonyl (C=O) groups excluding carboxylic acids is 1. The number of anilines is 1. The number of ether oxygens (including phenoxy) is 1. The SMILES string of the molecule is CCCCCCNC(=O)CSc1c(Cl)c(Cl)c(C(=O)O)c(C2=c3cc4c(c(S(=O)(=O)O)c3Oc3cc5c(cc32)C(C)CC(C)(C)N5C)=[N+](C)C(C)(C)CC4CS(=O)(=O)O)c1Cl. The van der Waals surface area contributed by atoms with E-state index >= 15 is 0 Å². The van der Waals surface area contributed by atoms with E-state index in [1.54, 1.807) is 31.5 Å². The average Bonchev–Trinajstić information content (AvgIpc) is 3.13. The highest BCUT2D eigenvalue weighted by Gasteiger charge is 2.46. The van der Waals surface area contributed by atoms with Crippen LogP contribution in [0.5, 0.6) is 11.5 Å². The molecule has 6 rings (SSSR count). The summed E-state index contributed by atoms with van der Waals surface area (Å²) >= 11 is 21.9. The number of fused-ring (bicyclic) bond motifs is 4. The number of aromatic carboxylic acids is 1. The third kappa shape index (κ3) is 9.02. The van der Waals surface area contributed by atoms with E-state index in [1.807, 2.05) is 13.1 Å². The summed E-state index contributed by atoms with van der Waals surface area (Å²) in [5.41, 5.74) is 0.174. The molecule has 13 nitrogen and oxygen atoms in total. The molecule has 0 radical (unpaired) electrons. The van der Waals surface area contributed by atoms with Gasteiger partial charge in [-0.05, 0) is 64.2 Å². The summed E-state index contributed by atoms with van der Waals surface area (Å²) in [5, 5.41) is 12.8. The summed E-state index contributed by atoms with van der Waals surface area (Å²) in [7, 11) is -6.37. The molecule has 0 saturated heterocycles. The van der Waals surface area contributed by atoms with E-state index in [1.165, 1.54) is 6.07 Å². The average molecular weight is 960 g/mol. The molecule has 1 amide bonds. The minimum atomic E-state index is -5.24. The number of rotatable bonds is 13. The van der Waals surface area contributed by atoms with E-state index in [2.05, 4.69) is 37.9 Å². The minimum Gasteiger partial charge on any atom is -0.478 e. The fourth-order valence-corrected chi connectivity index (χ4v) is 12.7. The van der Waals surface area contributed by atoms with Gasteiger partial charge in [0.25, 0.3) is 10.1 Å². The topological polar surface area (TPSA) is 191 Å². The molecule has 0 aromatic heterocycles. The second-order valence-corrected chi connectivity index (χ2v) is 22.4. The van der Waals surface area contributed by atoms with Crippen molar-refractivity contribution in [3.63, 3.8) is 0 Å². The Morgan fingerprint density at radius 3 is 2.26 bits per heavy atom. The number of hydrogen-bond donors (Lipinski definition) is 4. The van der Waals surface area contributed by atoms with E-state index in [4.69, 9.17) is 39.5 Å². The van der Waals surface area contributed by atoms with Crippen LogP contribution < -0.4 is 30.1 Å². The standard InChI is InChI=1S/C42H50Cl3N3O10S3/c1-9-10-11-12-13-46-29(49)19-59-38-34(44)31(32(40(50)51)33(43)35(38)45)30-25-14-23-21(2)17-41(3,4)47(7)27(23)16-28(25)58-37-26(30)15-24-22(20-60(52,53)54)18-42(5,6)48(8)36(24)39(37)61(55,56)57/h14-16,21-22H,9-13,17-20H2,1-8H3,(H3-,46,49,50,51,52,53,54,55,56,57)/p+1. The summed E-state index contributed by atoms with van der Waals surface area (Å²) in [6.07, 6.45) is 4.66. The Hall–Kier alpha value is -3.09. The van der Waals surface area contributed by atoms with Gasteiger partial charge < -0.3 is 20.1 Å². The predicted octanol–water partition coefficient (Wildman–Crippen LogP) is 7.73. The number of amides is 1. The van der Waals surface area contributed by atoms with Gasteiger partial charge in [-0.15, -0.1) is 11.8 Å². The molecule has 0 aliphatic carbocycles. The van der Waals surface area contributed by atoms with Crippen LogP contribution in [-0.4, -0.2) is 86.1 Å². The molecular weight excluding hydrogens is 909 g/mol. The molecule has 61 heavy (non-hydrogen) atoms. The summed E-state index contributed by atoms with van der Waals surface area (Å²) in [5.74, 6) is -4.12. The van der Waals surface area contributed by atoms with Gasteiger partial charge in [-0.3, -0.25) is 13.9 Å². The quantitative estimate of drug-likeness (QED) is 0.0336. The van der Waals surface area contributed by atoms with E-state index in [0.29, 0.717) is 12.1 Å². The molecule has 3 aliphatic heterocycles. The Morgan fingerprint density at radius 2 is 1.66 bits per heavy atom. The van der Waals surface area contributed by atoms with Crippen molar-refractivity contribution in [3.05, 3.63) is 71.7 Å². The van der Waals surface area contributed by atoms with Gasteiger partial charge in [-0.2, -0.15) is 16.8 Å². The van der Waals surface area contributed by atoms with Crippen molar-refractivity contribution in [1.29, 1.82) is 0 Å². The van der Waals surface area contributed by atoms with Crippen molar-refractivity contribution >= 4 is 89.9 Å². The number of carboxylic acid groups (broad SMARTS) is 1. The number of carboxylic acids is 1.